The number of hydrogen-bond acceptors (Lipinski definition) is 5. The van der Waals surface area contributed by atoms with E-state index >= 15 is 0 Å². The smallest absolute Gasteiger partial charge is 0.270 e. The molecule has 2 rings (SSSR count). The first kappa shape index (κ1) is 16.6. The largest absolute Gasteiger partial charge is 0.398 e. The van der Waals surface area contributed by atoms with Crippen LogP contribution in [0.4, 0.5) is 11.4 Å². The quantitative estimate of drug-likeness (QED) is 0.492. The van der Waals surface area contributed by atoms with Gasteiger partial charge in [-0.25, -0.2) is 0 Å². The standard InChI is InChI=1S/C15H15N3O4S/c1-23(22)12-5-2-10(3-6-12)9-17-15(19)13-8-11(18(20)21)4-7-14(13)16/h2-8H,9,16H2,1H3,(H,17,19)/t23-/m1/s1. The highest BCUT2D eigenvalue weighted by Crippen LogP contribution is 2.19. The molecule has 0 radical (unpaired) electrons. The molecule has 0 aliphatic heterocycles. The first-order valence-corrected chi connectivity index (χ1v) is 8.19. The van der Waals surface area contributed by atoms with Crippen LogP contribution in [0.15, 0.2) is 47.4 Å². The number of rotatable bonds is 5. The van der Waals surface area contributed by atoms with E-state index in [0.29, 0.717) is 4.90 Å². The molecule has 8 heteroatoms. The summed E-state index contributed by atoms with van der Waals surface area (Å²) in [5.74, 6) is -0.491. The molecular weight excluding hydrogens is 318 g/mol. The topological polar surface area (TPSA) is 115 Å². The Hall–Kier alpha value is -2.74. The van der Waals surface area contributed by atoms with Crippen molar-refractivity contribution in [2.45, 2.75) is 11.4 Å². The zero-order chi connectivity index (χ0) is 17.0. The molecule has 0 fully saturated rings. The summed E-state index contributed by atoms with van der Waals surface area (Å²) in [4.78, 5) is 23.0. The lowest BCUT2D eigenvalue weighted by atomic mass is 10.1. The van der Waals surface area contributed by atoms with Gasteiger partial charge in [0.2, 0.25) is 0 Å². The van der Waals surface area contributed by atoms with E-state index in [4.69, 9.17) is 5.73 Å². The number of amides is 1. The Morgan fingerprint density at radius 2 is 1.91 bits per heavy atom. The predicted molar refractivity (Wildman–Crippen MR) is 87.5 cm³/mol. The van der Waals surface area contributed by atoms with Crippen molar-refractivity contribution in [2.75, 3.05) is 12.0 Å². The van der Waals surface area contributed by atoms with Gasteiger partial charge in [-0.1, -0.05) is 12.1 Å². The van der Waals surface area contributed by atoms with E-state index in [9.17, 15) is 19.1 Å². The van der Waals surface area contributed by atoms with Gasteiger partial charge in [0.25, 0.3) is 11.6 Å². The molecule has 0 aliphatic rings. The van der Waals surface area contributed by atoms with Crippen LogP contribution in [0, 0.1) is 10.1 Å². The summed E-state index contributed by atoms with van der Waals surface area (Å²) in [6.07, 6.45) is 1.59. The van der Waals surface area contributed by atoms with Crippen molar-refractivity contribution in [2.24, 2.45) is 0 Å². The number of anilines is 1. The van der Waals surface area contributed by atoms with Crippen LogP contribution in [-0.4, -0.2) is 21.3 Å². The number of hydrogen-bond donors (Lipinski definition) is 2. The molecule has 0 saturated carbocycles. The van der Waals surface area contributed by atoms with Gasteiger partial charge in [0, 0.05) is 46.3 Å². The molecule has 0 unspecified atom stereocenters. The summed E-state index contributed by atoms with van der Waals surface area (Å²) in [5.41, 5.74) is 6.55. The summed E-state index contributed by atoms with van der Waals surface area (Å²) < 4.78 is 11.3. The van der Waals surface area contributed by atoms with Gasteiger partial charge in [0.1, 0.15) is 0 Å². The number of nitrogen functional groups attached to an aromatic ring is 1. The summed E-state index contributed by atoms with van der Waals surface area (Å²) in [6.45, 7) is 0.234. The summed E-state index contributed by atoms with van der Waals surface area (Å²) in [5, 5.41) is 13.4. The number of nitro groups is 1. The van der Waals surface area contributed by atoms with Crippen molar-refractivity contribution in [3.8, 4) is 0 Å². The fourth-order valence-electron chi connectivity index (χ4n) is 1.93. The fourth-order valence-corrected chi connectivity index (χ4v) is 2.45. The normalized spacial score (nSPS) is 11.7. The number of nitrogens with zero attached hydrogens (tertiary/aromatic N) is 1. The predicted octanol–water partition coefficient (Wildman–Crippen LogP) is 1.84. The minimum atomic E-state index is -1.06. The molecule has 0 bridgehead atoms. The zero-order valence-corrected chi connectivity index (χ0v) is 13.1. The molecule has 0 aromatic heterocycles. The van der Waals surface area contributed by atoms with Crippen LogP contribution in [-0.2, 0) is 17.3 Å². The van der Waals surface area contributed by atoms with Crippen molar-refractivity contribution in [1.29, 1.82) is 0 Å². The van der Waals surface area contributed by atoms with E-state index in [1.807, 2.05) is 0 Å². The van der Waals surface area contributed by atoms with Crippen LogP contribution in [0.3, 0.4) is 0 Å². The highest BCUT2D eigenvalue weighted by atomic mass is 32.2. The minimum absolute atomic E-state index is 0.0606. The number of nitrogens with two attached hydrogens (primary N) is 1. The second kappa shape index (κ2) is 7.01. The number of benzene rings is 2. The average molecular weight is 333 g/mol. The second-order valence-electron chi connectivity index (χ2n) is 4.81. The highest BCUT2D eigenvalue weighted by Gasteiger charge is 2.15. The Bertz CT molecular complexity index is 775. The SMILES string of the molecule is C[S@@](=O)c1ccc(CNC(=O)c2cc([N+](=O)[O-])ccc2N)cc1. The zero-order valence-electron chi connectivity index (χ0n) is 12.3. The van der Waals surface area contributed by atoms with Gasteiger partial charge in [-0.3, -0.25) is 19.1 Å². The Morgan fingerprint density at radius 1 is 1.26 bits per heavy atom. The molecule has 7 nitrogen and oxygen atoms in total. The van der Waals surface area contributed by atoms with E-state index < -0.39 is 21.6 Å². The Kier molecular flexibility index (Phi) is 5.07. The third kappa shape index (κ3) is 4.13. The fraction of sp³-hybridized carbons (Fsp3) is 0.133. The van der Waals surface area contributed by atoms with Crippen LogP contribution in [0.5, 0.6) is 0 Å². The Morgan fingerprint density at radius 3 is 2.48 bits per heavy atom. The lowest BCUT2D eigenvalue weighted by Gasteiger charge is -2.08. The van der Waals surface area contributed by atoms with Crippen molar-refractivity contribution in [3.05, 3.63) is 63.7 Å². The van der Waals surface area contributed by atoms with Gasteiger partial charge >= 0.3 is 0 Å². The molecule has 0 aliphatic carbocycles. The van der Waals surface area contributed by atoms with E-state index in [1.54, 1.807) is 30.5 Å². The molecule has 120 valence electrons. The van der Waals surface area contributed by atoms with Gasteiger partial charge < -0.3 is 11.1 Å². The number of carbonyl (C=O) groups excluding carboxylic acids is 1. The monoisotopic (exact) mass is 333 g/mol. The van der Waals surface area contributed by atoms with Crippen molar-refractivity contribution >= 4 is 28.1 Å². The van der Waals surface area contributed by atoms with Gasteiger partial charge in [0.15, 0.2) is 0 Å². The van der Waals surface area contributed by atoms with Crippen LogP contribution < -0.4 is 11.1 Å². The molecule has 2 aromatic rings. The van der Waals surface area contributed by atoms with Crippen LogP contribution in [0.2, 0.25) is 0 Å². The average Bonchev–Trinajstić information content (AvgIpc) is 2.53. The first-order valence-electron chi connectivity index (χ1n) is 6.63. The lowest BCUT2D eigenvalue weighted by Crippen LogP contribution is -2.23. The lowest BCUT2D eigenvalue weighted by molar-refractivity contribution is -0.384. The maximum atomic E-state index is 12.1. The molecule has 0 saturated heterocycles. The summed E-state index contributed by atoms with van der Waals surface area (Å²) in [7, 11) is -1.06. The summed E-state index contributed by atoms with van der Waals surface area (Å²) >= 11 is 0. The van der Waals surface area contributed by atoms with E-state index in [-0.39, 0.29) is 23.5 Å². The second-order valence-corrected chi connectivity index (χ2v) is 6.19. The van der Waals surface area contributed by atoms with Crippen molar-refractivity contribution < 1.29 is 13.9 Å². The molecule has 1 atom stereocenters. The minimum Gasteiger partial charge on any atom is -0.398 e. The highest BCUT2D eigenvalue weighted by molar-refractivity contribution is 7.84. The van der Waals surface area contributed by atoms with Crippen LogP contribution >= 0.6 is 0 Å². The van der Waals surface area contributed by atoms with Crippen molar-refractivity contribution in [1.82, 2.24) is 5.32 Å². The molecule has 2 aromatic carbocycles. The number of nitro benzene ring substituents is 1. The summed E-state index contributed by atoms with van der Waals surface area (Å²) in [6, 6.07) is 10.7. The van der Waals surface area contributed by atoms with Gasteiger partial charge in [-0.2, -0.15) is 0 Å². The maximum Gasteiger partial charge on any atom is 0.270 e. The Labute approximate surface area is 135 Å². The molecule has 0 heterocycles. The van der Waals surface area contributed by atoms with Gasteiger partial charge in [-0.05, 0) is 23.8 Å². The number of carbonyl (C=O) groups is 1. The molecule has 0 spiro atoms. The Balaban J connectivity index is 2.09. The van der Waals surface area contributed by atoms with E-state index in [1.165, 1.54) is 12.1 Å². The third-order valence-corrected chi connectivity index (χ3v) is 4.14. The van der Waals surface area contributed by atoms with Gasteiger partial charge in [0.05, 0.1) is 10.5 Å². The van der Waals surface area contributed by atoms with Crippen LogP contribution in [0.25, 0.3) is 0 Å². The molecule has 1 amide bonds. The number of nitrogens with one attached hydrogen (secondary N) is 1. The van der Waals surface area contributed by atoms with Crippen LogP contribution in [0.1, 0.15) is 15.9 Å². The third-order valence-electron chi connectivity index (χ3n) is 3.20. The van der Waals surface area contributed by atoms with E-state index in [2.05, 4.69) is 5.32 Å². The molecule has 3 N–H and O–H groups in total. The van der Waals surface area contributed by atoms with Gasteiger partial charge in [-0.15, -0.1) is 0 Å². The maximum absolute atomic E-state index is 12.1. The molecular formula is C15H15N3O4S. The molecule has 23 heavy (non-hydrogen) atoms. The van der Waals surface area contributed by atoms with E-state index in [0.717, 1.165) is 11.6 Å². The number of non-ortho nitro benzene ring substituents is 1. The first-order chi connectivity index (χ1) is 10.9. The van der Waals surface area contributed by atoms with Crippen molar-refractivity contribution in [3.63, 3.8) is 0 Å².